The van der Waals surface area contributed by atoms with Gasteiger partial charge in [0, 0.05) is 45.7 Å². The van der Waals surface area contributed by atoms with Gasteiger partial charge in [-0.15, -0.1) is 0 Å². The Morgan fingerprint density at radius 2 is 1.90 bits per heavy atom. The summed E-state index contributed by atoms with van der Waals surface area (Å²) in [4.78, 5) is 15.9. The molecule has 0 saturated carbocycles. The third kappa shape index (κ3) is 3.12. The molecule has 1 aliphatic rings. The first kappa shape index (κ1) is 14.8. The Bertz CT molecular complexity index is 588. The van der Waals surface area contributed by atoms with Crippen LogP contribution in [0.4, 0.5) is 5.69 Å². The molecule has 1 unspecified atom stereocenters. The van der Waals surface area contributed by atoms with Crippen LogP contribution >= 0.6 is 0 Å². The van der Waals surface area contributed by atoms with Crippen molar-refractivity contribution in [2.45, 2.75) is 12.2 Å². The lowest BCUT2D eigenvalue weighted by Crippen LogP contribution is -2.52. The third-order valence-electron chi connectivity index (χ3n) is 3.64. The molecule has 7 nitrogen and oxygen atoms in total. The molecule has 1 aromatic rings. The van der Waals surface area contributed by atoms with Crippen molar-refractivity contribution in [1.82, 2.24) is 14.7 Å². The quantitative estimate of drug-likeness (QED) is 0.752. The van der Waals surface area contributed by atoms with Crippen molar-refractivity contribution in [3.05, 3.63) is 12.4 Å². The molecular formula is C12H20N4O3S. The van der Waals surface area contributed by atoms with Gasteiger partial charge in [0.2, 0.25) is 5.91 Å². The van der Waals surface area contributed by atoms with E-state index in [9.17, 15) is 13.2 Å². The molecule has 0 aliphatic carbocycles. The lowest BCUT2D eigenvalue weighted by Gasteiger charge is -2.36. The van der Waals surface area contributed by atoms with Crippen LogP contribution < -0.4 is 4.90 Å². The first-order chi connectivity index (χ1) is 9.29. The molecule has 1 fully saturated rings. The minimum atomic E-state index is -3.33. The van der Waals surface area contributed by atoms with E-state index in [2.05, 4.69) is 10.00 Å². The van der Waals surface area contributed by atoms with Gasteiger partial charge in [-0.1, -0.05) is 0 Å². The van der Waals surface area contributed by atoms with E-state index in [0.29, 0.717) is 26.2 Å². The summed E-state index contributed by atoms with van der Waals surface area (Å²) in [6, 6.07) is 0. The van der Waals surface area contributed by atoms with Gasteiger partial charge in [0.1, 0.15) is 5.25 Å². The maximum Gasteiger partial charge on any atom is 0.240 e. The van der Waals surface area contributed by atoms with Crippen molar-refractivity contribution in [1.29, 1.82) is 0 Å². The van der Waals surface area contributed by atoms with Gasteiger partial charge in [-0.05, 0) is 6.92 Å². The number of hydrogen-bond donors (Lipinski definition) is 0. The molecule has 1 amide bonds. The Morgan fingerprint density at radius 1 is 1.30 bits per heavy atom. The number of piperazine rings is 1. The highest BCUT2D eigenvalue weighted by Crippen LogP contribution is 2.16. The van der Waals surface area contributed by atoms with Gasteiger partial charge >= 0.3 is 0 Å². The molecule has 0 radical (unpaired) electrons. The third-order valence-corrected chi connectivity index (χ3v) is 5.12. The van der Waals surface area contributed by atoms with Crippen LogP contribution in [0.5, 0.6) is 0 Å². The highest BCUT2D eigenvalue weighted by Gasteiger charge is 2.30. The topological polar surface area (TPSA) is 75.5 Å². The van der Waals surface area contributed by atoms with Crippen LogP contribution in [0.3, 0.4) is 0 Å². The van der Waals surface area contributed by atoms with Gasteiger partial charge in [-0.25, -0.2) is 8.42 Å². The number of hydrogen-bond acceptors (Lipinski definition) is 5. The van der Waals surface area contributed by atoms with Crippen molar-refractivity contribution in [2.75, 3.05) is 37.3 Å². The number of sulfone groups is 1. The van der Waals surface area contributed by atoms with Crippen molar-refractivity contribution < 1.29 is 13.2 Å². The predicted octanol–water partition coefficient (Wildman–Crippen LogP) is -0.498. The van der Waals surface area contributed by atoms with Gasteiger partial charge in [-0.3, -0.25) is 9.48 Å². The second-order valence-electron chi connectivity index (χ2n) is 5.16. The van der Waals surface area contributed by atoms with Crippen LogP contribution in [0, 0.1) is 0 Å². The fourth-order valence-electron chi connectivity index (χ4n) is 2.20. The SMILES string of the molecule is CC(C(=O)N1CCN(c2cnn(C)c2)CC1)S(C)(=O)=O. The van der Waals surface area contributed by atoms with Crippen molar-refractivity contribution in [3.8, 4) is 0 Å². The van der Waals surface area contributed by atoms with E-state index in [-0.39, 0.29) is 5.91 Å². The normalized spacial score (nSPS) is 18.1. The van der Waals surface area contributed by atoms with Crippen LogP contribution in [0.2, 0.25) is 0 Å². The maximum absolute atomic E-state index is 12.1. The van der Waals surface area contributed by atoms with Crippen LogP contribution in [-0.4, -0.2) is 66.7 Å². The minimum Gasteiger partial charge on any atom is -0.365 e. The zero-order valence-corrected chi connectivity index (χ0v) is 12.8. The fraction of sp³-hybridized carbons (Fsp3) is 0.667. The summed E-state index contributed by atoms with van der Waals surface area (Å²) >= 11 is 0. The Labute approximate surface area is 119 Å². The summed E-state index contributed by atoms with van der Waals surface area (Å²) in [6.45, 7) is 3.90. The second kappa shape index (κ2) is 5.43. The maximum atomic E-state index is 12.1. The van der Waals surface area contributed by atoms with E-state index in [1.165, 1.54) is 6.92 Å². The second-order valence-corrected chi connectivity index (χ2v) is 7.52. The van der Waals surface area contributed by atoms with Crippen molar-refractivity contribution in [3.63, 3.8) is 0 Å². The van der Waals surface area contributed by atoms with Gasteiger partial charge < -0.3 is 9.80 Å². The lowest BCUT2D eigenvalue weighted by molar-refractivity contribution is -0.130. The Kier molecular flexibility index (Phi) is 4.03. The first-order valence-electron chi connectivity index (χ1n) is 6.50. The average molecular weight is 300 g/mol. The number of carbonyl (C=O) groups excluding carboxylic acids is 1. The van der Waals surface area contributed by atoms with E-state index < -0.39 is 15.1 Å². The molecule has 0 bridgehead atoms. The van der Waals surface area contributed by atoms with E-state index in [0.717, 1.165) is 11.9 Å². The summed E-state index contributed by atoms with van der Waals surface area (Å²) in [7, 11) is -1.47. The van der Waals surface area contributed by atoms with Crippen LogP contribution in [-0.2, 0) is 21.7 Å². The predicted molar refractivity (Wildman–Crippen MR) is 76.3 cm³/mol. The molecule has 20 heavy (non-hydrogen) atoms. The number of aromatic nitrogens is 2. The minimum absolute atomic E-state index is 0.307. The van der Waals surface area contributed by atoms with Crippen molar-refractivity contribution in [2.24, 2.45) is 7.05 Å². The van der Waals surface area contributed by atoms with Gasteiger partial charge in [0.25, 0.3) is 0 Å². The Balaban J connectivity index is 1.96. The Morgan fingerprint density at radius 3 is 2.35 bits per heavy atom. The molecule has 8 heteroatoms. The van der Waals surface area contributed by atoms with Gasteiger partial charge in [0.15, 0.2) is 9.84 Å². The number of rotatable bonds is 3. The highest BCUT2D eigenvalue weighted by molar-refractivity contribution is 7.92. The van der Waals surface area contributed by atoms with Gasteiger partial charge in [0.05, 0.1) is 11.9 Å². The van der Waals surface area contributed by atoms with Crippen molar-refractivity contribution >= 4 is 21.4 Å². The molecule has 112 valence electrons. The lowest BCUT2D eigenvalue weighted by atomic mass is 10.2. The van der Waals surface area contributed by atoms with Crippen LogP contribution in [0.25, 0.3) is 0 Å². The monoisotopic (exact) mass is 300 g/mol. The molecule has 2 rings (SSSR count). The van der Waals surface area contributed by atoms with Gasteiger partial charge in [-0.2, -0.15) is 5.10 Å². The van der Waals surface area contributed by atoms with E-state index in [1.807, 2.05) is 13.2 Å². The zero-order chi connectivity index (χ0) is 14.9. The molecule has 1 aliphatic heterocycles. The highest BCUT2D eigenvalue weighted by atomic mass is 32.2. The summed E-state index contributed by atoms with van der Waals surface area (Å²) < 4.78 is 24.6. The van der Waals surface area contributed by atoms with Crippen LogP contribution in [0.15, 0.2) is 12.4 Å². The first-order valence-corrected chi connectivity index (χ1v) is 8.46. The fourth-order valence-corrected chi connectivity index (χ4v) is 2.71. The smallest absolute Gasteiger partial charge is 0.240 e. The molecular weight excluding hydrogens is 280 g/mol. The van der Waals surface area contributed by atoms with E-state index in [4.69, 9.17) is 0 Å². The summed E-state index contributed by atoms with van der Waals surface area (Å²) in [5.41, 5.74) is 1.02. The summed E-state index contributed by atoms with van der Waals surface area (Å²) in [6.07, 6.45) is 4.81. The molecule has 0 N–H and O–H groups in total. The molecule has 1 aromatic heterocycles. The molecule has 0 spiro atoms. The number of aryl methyl sites for hydroxylation is 1. The zero-order valence-electron chi connectivity index (χ0n) is 12.0. The number of carbonyl (C=O) groups is 1. The average Bonchev–Trinajstić information content (AvgIpc) is 2.83. The largest absolute Gasteiger partial charge is 0.365 e. The molecule has 1 saturated heterocycles. The molecule has 1 atom stereocenters. The summed E-state index contributed by atoms with van der Waals surface area (Å²) in [5, 5.41) is 3.16. The van der Waals surface area contributed by atoms with E-state index in [1.54, 1.807) is 15.8 Å². The standard InChI is InChI=1S/C12H20N4O3S/c1-10(20(3,18)19)12(17)16-6-4-15(5-7-16)11-8-13-14(2)9-11/h8-10H,4-7H2,1-3H3. The van der Waals surface area contributed by atoms with E-state index >= 15 is 0 Å². The number of amides is 1. The molecule has 2 heterocycles. The number of nitrogens with zero attached hydrogens (tertiary/aromatic N) is 4. The molecule has 0 aromatic carbocycles. The number of anilines is 1. The summed E-state index contributed by atoms with van der Waals surface area (Å²) in [5.74, 6) is -0.307. The Hall–Kier alpha value is -1.57. The van der Waals surface area contributed by atoms with Crippen LogP contribution in [0.1, 0.15) is 6.92 Å².